The molecule has 0 bridgehead atoms. The van der Waals surface area contributed by atoms with Crippen molar-refractivity contribution in [1.29, 1.82) is 0 Å². The summed E-state index contributed by atoms with van der Waals surface area (Å²) in [5, 5.41) is 17.3. The van der Waals surface area contributed by atoms with Crippen molar-refractivity contribution in [3.63, 3.8) is 0 Å². The normalized spacial score (nSPS) is 21.2. The summed E-state index contributed by atoms with van der Waals surface area (Å²) < 4.78 is 27.4. The lowest BCUT2D eigenvalue weighted by Gasteiger charge is -2.27. The third kappa shape index (κ3) is 5.13. The molecule has 1 heterocycles. The summed E-state index contributed by atoms with van der Waals surface area (Å²) in [4.78, 5) is 23.3. The Morgan fingerprint density at radius 3 is 2.47 bits per heavy atom. The predicted molar refractivity (Wildman–Crippen MR) is 64.3 cm³/mol. The lowest BCUT2D eigenvalue weighted by Crippen LogP contribution is -2.44. The molecule has 1 saturated heterocycles. The van der Waals surface area contributed by atoms with E-state index in [1.807, 2.05) is 0 Å². The van der Waals surface area contributed by atoms with Crippen LogP contribution in [0.25, 0.3) is 0 Å². The third-order valence-electron chi connectivity index (χ3n) is 2.76. The van der Waals surface area contributed by atoms with Crippen LogP contribution in [0.1, 0.15) is 6.42 Å². The van der Waals surface area contributed by atoms with Crippen molar-refractivity contribution < 1.29 is 33.0 Å². The van der Waals surface area contributed by atoms with E-state index in [-0.39, 0.29) is 24.7 Å². The van der Waals surface area contributed by atoms with Gasteiger partial charge in [0.25, 0.3) is 0 Å². The van der Waals surface area contributed by atoms with Crippen LogP contribution in [0.15, 0.2) is 0 Å². The van der Waals surface area contributed by atoms with Crippen molar-refractivity contribution in [2.75, 3.05) is 37.9 Å². The van der Waals surface area contributed by atoms with Gasteiger partial charge in [-0.25, -0.2) is 13.2 Å². The Balaban J connectivity index is 2.56. The maximum atomic E-state index is 11.8. The van der Waals surface area contributed by atoms with E-state index < -0.39 is 41.0 Å². The number of amides is 1. The van der Waals surface area contributed by atoms with Gasteiger partial charge in [-0.3, -0.25) is 4.79 Å². The molecule has 0 aromatic heterocycles. The minimum atomic E-state index is -3.14. The summed E-state index contributed by atoms with van der Waals surface area (Å²) in [6, 6.07) is -0.474. The number of hydrogen-bond donors (Lipinski definition) is 2. The molecule has 1 amide bonds. The average Bonchev–Trinajstić information content (AvgIpc) is 2.65. The van der Waals surface area contributed by atoms with Gasteiger partial charge >= 0.3 is 5.97 Å². The van der Waals surface area contributed by atoms with Crippen molar-refractivity contribution in [3.05, 3.63) is 0 Å². The fraction of sp³-hybridized carbons (Fsp3) is 0.800. The third-order valence-corrected chi connectivity index (χ3v) is 4.51. The van der Waals surface area contributed by atoms with E-state index >= 15 is 0 Å². The molecule has 0 spiro atoms. The van der Waals surface area contributed by atoms with E-state index in [2.05, 4.69) is 4.74 Å². The number of aliphatic carboxylic acids is 1. The highest BCUT2D eigenvalue weighted by molar-refractivity contribution is 7.91. The summed E-state index contributed by atoms with van der Waals surface area (Å²) in [6.07, 6.45) is 0.326. The molecular weight excluding hydrogens is 278 g/mol. The number of aliphatic hydroxyl groups is 1. The van der Waals surface area contributed by atoms with Gasteiger partial charge in [-0.1, -0.05) is 0 Å². The van der Waals surface area contributed by atoms with Crippen LogP contribution in [0.3, 0.4) is 0 Å². The zero-order chi connectivity index (χ0) is 14.5. The average molecular weight is 295 g/mol. The number of ether oxygens (including phenoxy) is 1. The van der Waals surface area contributed by atoms with Crippen molar-refractivity contribution >= 4 is 21.7 Å². The van der Waals surface area contributed by atoms with Crippen LogP contribution < -0.4 is 0 Å². The summed E-state index contributed by atoms with van der Waals surface area (Å²) in [7, 11) is -3.14. The highest BCUT2D eigenvalue weighted by Gasteiger charge is 2.34. The summed E-state index contributed by atoms with van der Waals surface area (Å²) >= 11 is 0. The first-order valence-electron chi connectivity index (χ1n) is 5.76. The fourth-order valence-electron chi connectivity index (χ4n) is 1.95. The van der Waals surface area contributed by atoms with E-state index in [9.17, 15) is 18.0 Å². The van der Waals surface area contributed by atoms with Crippen LogP contribution in [0.5, 0.6) is 0 Å². The van der Waals surface area contributed by atoms with Gasteiger partial charge in [0.05, 0.1) is 18.1 Å². The monoisotopic (exact) mass is 295 g/mol. The first-order chi connectivity index (χ1) is 8.85. The zero-order valence-corrected chi connectivity index (χ0v) is 11.1. The van der Waals surface area contributed by atoms with Crippen molar-refractivity contribution in [3.8, 4) is 0 Å². The van der Waals surface area contributed by atoms with Crippen molar-refractivity contribution in [1.82, 2.24) is 4.90 Å². The number of hydrogen-bond acceptors (Lipinski definition) is 6. The molecule has 0 aromatic carbocycles. The maximum absolute atomic E-state index is 11.8. The Labute approximate surface area is 110 Å². The van der Waals surface area contributed by atoms with Gasteiger partial charge in [-0.15, -0.1) is 0 Å². The van der Waals surface area contributed by atoms with E-state index in [0.717, 1.165) is 0 Å². The molecule has 0 saturated carbocycles. The maximum Gasteiger partial charge on any atom is 0.329 e. The zero-order valence-electron chi connectivity index (χ0n) is 10.3. The Kier molecular flexibility index (Phi) is 5.70. The smallest absolute Gasteiger partial charge is 0.329 e. The first-order valence-corrected chi connectivity index (χ1v) is 7.58. The number of sulfone groups is 1. The van der Waals surface area contributed by atoms with Crippen LogP contribution in [0.2, 0.25) is 0 Å². The molecule has 19 heavy (non-hydrogen) atoms. The quantitative estimate of drug-likeness (QED) is 0.562. The summed E-state index contributed by atoms with van der Waals surface area (Å²) in [5.41, 5.74) is 0. The minimum absolute atomic E-state index is 0.00938. The number of rotatable bonds is 7. The number of carboxylic acid groups (broad SMARTS) is 1. The second-order valence-corrected chi connectivity index (χ2v) is 6.48. The van der Waals surface area contributed by atoms with Crippen LogP contribution in [0.4, 0.5) is 0 Å². The molecular formula is C10H17NO7S. The standard InChI is InChI=1S/C10H17NO7S/c12-3-2-11(8-1-4-19(16,17)7-8)9(13)5-18-6-10(14)15/h8,12H,1-7H2,(H,14,15). The summed E-state index contributed by atoms with van der Waals surface area (Å²) in [5.74, 6) is -1.82. The Bertz CT molecular complexity index is 433. The SMILES string of the molecule is O=C(O)COCC(=O)N(CCO)C1CCS(=O)(=O)C1. The Morgan fingerprint density at radius 2 is 2.00 bits per heavy atom. The highest BCUT2D eigenvalue weighted by Crippen LogP contribution is 2.17. The molecule has 0 aliphatic carbocycles. The summed E-state index contributed by atoms with van der Waals surface area (Å²) in [6.45, 7) is -1.32. The lowest BCUT2D eigenvalue weighted by molar-refractivity contribution is -0.146. The van der Waals surface area contributed by atoms with Crippen molar-refractivity contribution in [2.24, 2.45) is 0 Å². The topological polar surface area (TPSA) is 121 Å². The molecule has 1 unspecified atom stereocenters. The van der Waals surface area contributed by atoms with Gasteiger partial charge in [0.1, 0.15) is 13.2 Å². The second-order valence-electron chi connectivity index (χ2n) is 4.25. The van der Waals surface area contributed by atoms with Crippen LogP contribution in [0, 0.1) is 0 Å². The van der Waals surface area contributed by atoms with Crippen LogP contribution in [-0.4, -0.2) is 79.3 Å². The molecule has 2 N–H and O–H groups in total. The van der Waals surface area contributed by atoms with Gasteiger partial charge in [-0.2, -0.15) is 0 Å². The van der Waals surface area contributed by atoms with Gasteiger partial charge in [-0.05, 0) is 6.42 Å². The van der Waals surface area contributed by atoms with Crippen LogP contribution in [-0.2, 0) is 24.2 Å². The molecule has 110 valence electrons. The molecule has 0 radical (unpaired) electrons. The molecule has 1 aliphatic rings. The first kappa shape index (κ1) is 15.9. The van der Waals surface area contributed by atoms with Gasteiger partial charge in [0.2, 0.25) is 5.91 Å². The molecule has 1 rings (SSSR count). The highest BCUT2D eigenvalue weighted by atomic mass is 32.2. The largest absolute Gasteiger partial charge is 0.480 e. The molecule has 9 heteroatoms. The Morgan fingerprint density at radius 1 is 1.32 bits per heavy atom. The van der Waals surface area contributed by atoms with E-state index in [1.54, 1.807) is 0 Å². The molecule has 8 nitrogen and oxygen atoms in total. The number of nitrogens with zero attached hydrogens (tertiary/aromatic N) is 1. The van der Waals surface area contributed by atoms with Crippen LogP contribution >= 0.6 is 0 Å². The predicted octanol–water partition coefficient (Wildman–Crippen LogP) is -1.90. The molecule has 1 fully saturated rings. The van der Waals surface area contributed by atoms with E-state index in [1.165, 1.54) is 4.90 Å². The number of carbonyl (C=O) groups excluding carboxylic acids is 1. The van der Waals surface area contributed by atoms with Gasteiger partial charge < -0.3 is 19.8 Å². The number of carbonyl (C=O) groups is 2. The van der Waals surface area contributed by atoms with E-state index in [4.69, 9.17) is 10.2 Å². The number of aliphatic hydroxyl groups excluding tert-OH is 1. The minimum Gasteiger partial charge on any atom is -0.480 e. The van der Waals surface area contributed by atoms with E-state index in [0.29, 0.717) is 6.42 Å². The molecule has 0 aromatic rings. The molecule has 1 atom stereocenters. The van der Waals surface area contributed by atoms with Gasteiger partial charge in [0, 0.05) is 12.6 Å². The van der Waals surface area contributed by atoms with Crippen molar-refractivity contribution in [2.45, 2.75) is 12.5 Å². The number of carboxylic acids is 1. The fourth-order valence-corrected chi connectivity index (χ4v) is 3.68. The molecule has 1 aliphatic heterocycles. The second kappa shape index (κ2) is 6.83. The van der Waals surface area contributed by atoms with Gasteiger partial charge in [0.15, 0.2) is 9.84 Å². The Hall–Kier alpha value is -1.19. The lowest BCUT2D eigenvalue weighted by atomic mass is 10.2.